The molecule has 0 bridgehead atoms. The van der Waals surface area contributed by atoms with E-state index in [1.165, 1.54) is 49.0 Å². The molecule has 45 heavy (non-hydrogen) atoms. The number of rotatable bonds is 3. The summed E-state index contributed by atoms with van der Waals surface area (Å²) in [5.41, 5.74) is 13.1. The van der Waals surface area contributed by atoms with E-state index in [2.05, 4.69) is 130 Å². The minimum absolute atomic E-state index is 1.01. The third kappa shape index (κ3) is 3.33. The van der Waals surface area contributed by atoms with Gasteiger partial charge in [-0.25, -0.2) is 15.0 Å². The van der Waals surface area contributed by atoms with Crippen LogP contribution in [0, 0.1) is 20.8 Å². The van der Waals surface area contributed by atoms with Crippen molar-refractivity contribution < 1.29 is 0 Å². The van der Waals surface area contributed by atoms with E-state index in [1.807, 2.05) is 0 Å². The molecule has 0 aliphatic carbocycles. The summed E-state index contributed by atoms with van der Waals surface area (Å²) >= 11 is 0. The highest BCUT2D eigenvalue weighted by Gasteiger charge is 2.26. The molecule has 210 valence electrons. The highest BCUT2D eigenvalue weighted by atomic mass is 14.7. The molecule has 3 heterocycles. The standard InChI is InChI=1S/C42H27N3/c1-22-4-10-25(11-5-22)40-28-16-19-32-38-34(28)37-31(43-40)20-17-29-35(37)39-33(45-41(29)26-12-6-23(2)7-13-26)21-18-30(36(38)39)42(44-32)27-14-8-24(3)9-15-27/h4-21H,1-3H3. The monoisotopic (exact) mass is 573 g/mol. The summed E-state index contributed by atoms with van der Waals surface area (Å²) in [5.74, 6) is 0. The van der Waals surface area contributed by atoms with Gasteiger partial charge < -0.3 is 0 Å². The van der Waals surface area contributed by atoms with E-state index < -0.39 is 0 Å². The fraction of sp³-hybridized carbons (Fsp3) is 0.0714. The molecule has 3 nitrogen and oxygen atoms in total. The number of hydrogen-bond acceptors (Lipinski definition) is 3. The van der Waals surface area contributed by atoms with Gasteiger partial charge in [0.25, 0.3) is 0 Å². The summed E-state index contributed by atoms with van der Waals surface area (Å²) in [7, 11) is 0. The quantitative estimate of drug-likeness (QED) is 0.156. The van der Waals surface area contributed by atoms with Crippen molar-refractivity contribution in [3.63, 3.8) is 0 Å². The van der Waals surface area contributed by atoms with Gasteiger partial charge in [0.15, 0.2) is 0 Å². The van der Waals surface area contributed by atoms with Crippen LogP contribution in [0.4, 0.5) is 0 Å². The van der Waals surface area contributed by atoms with Crippen LogP contribution in [0.25, 0.3) is 98.8 Å². The zero-order valence-corrected chi connectivity index (χ0v) is 25.2. The lowest BCUT2D eigenvalue weighted by Crippen LogP contribution is -2.00. The van der Waals surface area contributed by atoms with Crippen LogP contribution in [-0.4, -0.2) is 15.0 Å². The Bertz CT molecular complexity index is 2400. The van der Waals surface area contributed by atoms with Gasteiger partial charge in [0.1, 0.15) is 0 Å². The predicted octanol–water partition coefficient (Wildman–Crippen LogP) is 11.0. The molecule has 0 spiro atoms. The Labute approximate surface area is 259 Å². The third-order valence-corrected chi connectivity index (χ3v) is 9.74. The Morgan fingerprint density at radius 1 is 0.289 bits per heavy atom. The number of pyridine rings is 3. The fourth-order valence-electron chi connectivity index (χ4n) is 7.52. The van der Waals surface area contributed by atoms with Gasteiger partial charge in [0, 0.05) is 65.2 Å². The number of nitrogens with zero attached hydrogens (tertiary/aromatic N) is 3. The Morgan fingerprint density at radius 3 is 0.822 bits per heavy atom. The van der Waals surface area contributed by atoms with Gasteiger partial charge in [-0.3, -0.25) is 0 Å². The molecule has 10 aromatic rings. The first-order valence-corrected chi connectivity index (χ1v) is 15.5. The lowest BCUT2D eigenvalue weighted by Gasteiger charge is -2.23. The predicted molar refractivity (Wildman–Crippen MR) is 189 cm³/mol. The minimum atomic E-state index is 1.01. The molecule has 0 unspecified atom stereocenters. The lowest BCUT2D eigenvalue weighted by molar-refractivity contribution is 1.39. The van der Waals surface area contributed by atoms with Gasteiger partial charge in [-0.15, -0.1) is 0 Å². The molecule has 0 saturated carbocycles. The normalized spacial score (nSPS) is 12.3. The average molecular weight is 574 g/mol. The van der Waals surface area contributed by atoms with Crippen LogP contribution in [0.1, 0.15) is 16.7 Å². The Hall–Kier alpha value is -5.67. The third-order valence-electron chi connectivity index (χ3n) is 9.74. The summed E-state index contributed by atoms with van der Waals surface area (Å²) in [6.45, 7) is 6.39. The second kappa shape index (κ2) is 8.71. The maximum absolute atomic E-state index is 5.38. The summed E-state index contributed by atoms with van der Waals surface area (Å²) in [5, 5.41) is 10.8. The molecule has 0 atom stereocenters. The van der Waals surface area contributed by atoms with Gasteiger partial charge in [-0.05, 0) is 57.2 Å². The second-order valence-electron chi connectivity index (χ2n) is 12.6. The van der Waals surface area contributed by atoms with E-state index in [0.29, 0.717) is 0 Å². The van der Waals surface area contributed by atoms with Crippen molar-refractivity contribution >= 4 is 65.0 Å². The molecule has 0 fully saturated rings. The zero-order chi connectivity index (χ0) is 30.0. The van der Waals surface area contributed by atoms with Gasteiger partial charge in [-0.1, -0.05) is 89.5 Å². The highest BCUT2D eigenvalue weighted by Crippen LogP contribution is 2.51. The number of hydrogen-bond donors (Lipinski definition) is 0. The van der Waals surface area contributed by atoms with Crippen molar-refractivity contribution in [1.82, 2.24) is 15.0 Å². The lowest BCUT2D eigenvalue weighted by atomic mass is 9.83. The molecule has 0 saturated heterocycles. The van der Waals surface area contributed by atoms with E-state index in [4.69, 9.17) is 15.0 Å². The molecule has 3 aromatic heterocycles. The van der Waals surface area contributed by atoms with Crippen LogP contribution >= 0.6 is 0 Å². The maximum Gasteiger partial charge on any atom is 0.0788 e. The first-order valence-electron chi connectivity index (χ1n) is 15.5. The van der Waals surface area contributed by atoms with Gasteiger partial charge in [0.2, 0.25) is 0 Å². The number of aromatic nitrogens is 3. The molecular weight excluding hydrogens is 546 g/mol. The average Bonchev–Trinajstić information content (AvgIpc) is 3.07. The van der Waals surface area contributed by atoms with Crippen LogP contribution in [0.15, 0.2) is 109 Å². The Balaban J connectivity index is 1.46. The van der Waals surface area contributed by atoms with E-state index in [-0.39, 0.29) is 0 Å². The molecular formula is C42H27N3. The SMILES string of the molecule is Cc1ccc(-c2nc3ccc4c(-c5ccc(C)cc5)nc5ccc6c(-c7ccc(C)cc7)nc7ccc2c2c7c6c5c4c32)cc1. The van der Waals surface area contributed by atoms with Crippen molar-refractivity contribution in [2.45, 2.75) is 20.8 Å². The van der Waals surface area contributed by atoms with Crippen molar-refractivity contribution in [3.05, 3.63) is 126 Å². The van der Waals surface area contributed by atoms with Crippen LogP contribution in [-0.2, 0) is 0 Å². The molecule has 0 N–H and O–H groups in total. The van der Waals surface area contributed by atoms with Crippen molar-refractivity contribution in [3.8, 4) is 33.8 Å². The van der Waals surface area contributed by atoms with E-state index in [0.717, 1.165) is 66.5 Å². The Kier molecular flexibility index (Phi) is 4.79. The first kappa shape index (κ1) is 24.7. The topological polar surface area (TPSA) is 38.7 Å². The van der Waals surface area contributed by atoms with Gasteiger partial charge >= 0.3 is 0 Å². The molecule has 10 rings (SSSR count). The number of aryl methyl sites for hydroxylation is 3. The summed E-state index contributed by atoms with van der Waals surface area (Å²) < 4.78 is 0. The van der Waals surface area contributed by atoms with Crippen LogP contribution in [0.3, 0.4) is 0 Å². The Morgan fingerprint density at radius 2 is 0.556 bits per heavy atom. The number of benzene rings is 7. The molecule has 7 aromatic carbocycles. The van der Waals surface area contributed by atoms with E-state index in [1.54, 1.807) is 0 Å². The van der Waals surface area contributed by atoms with E-state index in [9.17, 15) is 0 Å². The van der Waals surface area contributed by atoms with E-state index >= 15 is 0 Å². The first-order chi connectivity index (χ1) is 22.0. The van der Waals surface area contributed by atoms with Crippen molar-refractivity contribution in [2.24, 2.45) is 0 Å². The van der Waals surface area contributed by atoms with Crippen LogP contribution in [0.5, 0.6) is 0 Å². The smallest absolute Gasteiger partial charge is 0.0788 e. The van der Waals surface area contributed by atoms with Crippen molar-refractivity contribution in [2.75, 3.05) is 0 Å². The summed E-state index contributed by atoms with van der Waals surface area (Å²) in [6, 6.07) is 39.5. The zero-order valence-electron chi connectivity index (χ0n) is 25.2. The highest BCUT2D eigenvalue weighted by molar-refractivity contribution is 6.45. The molecule has 0 aliphatic rings. The summed E-state index contributed by atoms with van der Waals surface area (Å²) in [4.78, 5) is 16.1. The maximum atomic E-state index is 5.38. The second-order valence-corrected chi connectivity index (χ2v) is 12.6. The molecule has 0 aliphatic heterocycles. The van der Waals surface area contributed by atoms with Crippen LogP contribution < -0.4 is 0 Å². The molecule has 0 radical (unpaired) electrons. The fourth-order valence-corrected chi connectivity index (χ4v) is 7.52. The largest absolute Gasteiger partial charge is 0.247 e. The minimum Gasteiger partial charge on any atom is -0.247 e. The van der Waals surface area contributed by atoms with Gasteiger partial charge in [0.05, 0.1) is 33.6 Å². The molecule has 0 amide bonds. The molecule has 3 heteroatoms. The summed E-state index contributed by atoms with van der Waals surface area (Å²) in [6.07, 6.45) is 0. The van der Waals surface area contributed by atoms with Crippen molar-refractivity contribution in [1.29, 1.82) is 0 Å². The van der Waals surface area contributed by atoms with Gasteiger partial charge in [-0.2, -0.15) is 0 Å². The van der Waals surface area contributed by atoms with Crippen LogP contribution in [0.2, 0.25) is 0 Å².